The smallest absolute Gasteiger partial charge is 0.251 e. The van der Waals surface area contributed by atoms with Gasteiger partial charge in [0, 0.05) is 12.1 Å². The summed E-state index contributed by atoms with van der Waals surface area (Å²) in [5, 5.41) is 2.79. The quantitative estimate of drug-likeness (QED) is 0.806. The summed E-state index contributed by atoms with van der Waals surface area (Å²) in [6.07, 6.45) is 0.875. The molecule has 0 saturated heterocycles. The van der Waals surface area contributed by atoms with Crippen LogP contribution in [0.4, 0.5) is 10.1 Å². The summed E-state index contributed by atoms with van der Waals surface area (Å²) in [4.78, 5) is 11.8. The van der Waals surface area contributed by atoms with Crippen LogP contribution >= 0.6 is 0 Å². The molecule has 0 radical (unpaired) electrons. The number of nitrogens with two attached hydrogens (primary N) is 1. The van der Waals surface area contributed by atoms with Crippen molar-refractivity contribution in [2.24, 2.45) is 0 Å². The minimum Gasteiger partial charge on any atom is -0.487 e. The molecule has 0 aliphatic heterocycles. The van der Waals surface area contributed by atoms with E-state index in [0.717, 1.165) is 12.0 Å². The van der Waals surface area contributed by atoms with Gasteiger partial charge in [-0.25, -0.2) is 4.39 Å². The van der Waals surface area contributed by atoms with Crippen LogP contribution in [0.25, 0.3) is 0 Å². The van der Waals surface area contributed by atoms with Gasteiger partial charge >= 0.3 is 0 Å². The summed E-state index contributed by atoms with van der Waals surface area (Å²) in [7, 11) is 0. The number of rotatable bonds is 6. The number of anilines is 1. The number of nitrogens with one attached hydrogen (secondary N) is 1. The van der Waals surface area contributed by atoms with Gasteiger partial charge in [0.05, 0.1) is 5.69 Å². The highest BCUT2D eigenvalue weighted by Crippen LogP contribution is 2.23. The molecule has 2 aromatic carbocycles. The van der Waals surface area contributed by atoms with Crippen LogP contribution in [0, 0.1) is 5.82 Å². The first kappa shape index (κ1) is 15.8. The standard InChI is InChI=1S/C17H19FN2O2/c1-2-9-20-17(21)13-5-8-16(15(19)10-13)22-11-12-3-6-14(18)7-4-12/h3-8,10H,2,9,11,19H2,1H3,(H,20,21). The number of benzene rings is 2. The highest BCUT2D eigenvalue weighted by molar-refractivity contribution is 5.95. The number of ether oxygens (including phenoxy) is 1. The summed E-state index contributed by atoms with van der Waals surface area (Å²) in [6.45, 7) is 2.90. The Morgan fingerprint density at radius 2 is 1.95 bits per heavy atom. The molecule has 1 amide bonds. The lowest BCUT2D eigenvalue weighted by Gasteiger charge is -2.11. The molecule has 3 N–H and O–H groups in total. The first-order chi connectivity index (χ1) is 10.6. The van der Waals surface area contributed by atoms with Crippen molar-refractivity contribution in [2.45, 2.75) is 20.0 Å². The maximum Gasteiger partial charge on any atom is 0.251 e. The van der Waals surface area contributed by atoms with Crippen LogP contribution in [0.1, 0.15) is 29.3 Å². The lowest BCUT2D eigenvalue weighted by atomic mass is 10.1. The van der Waals surface area contributed by atoms with Crippen LogP contribution in [0.2, 0.25) is 0 Å². The third-order valence-electron chi connectivity index (χ3n) is 3.12. The number of carbonyl (C=O) groups is 1. The van der Waals surface area contributed by atoms with E-state index in [1.54, 1.807) is 30.3 Å². The molecule has 0 fully saturated rings. The zero-order valence-electron chi connectivity index (χ0n) is 12.4. The van der Waals surface area contributed by atoms with Crippen molar-refractivity contribution in [1.82, 2.24) is 5.32 Å². The van der Waals surface area contributed by atoms with E-state index in [1.165, 1.54) is 12.1 Å². The molecule has 0 aliphatic carbocycles. The van der Waals surface area contributed by atoms with Crippen molar-refractivity contribution in [1.29, 1.82) is 0 Å². The van der Waals surface area contributed by atoms with E-state index in [-0.39, 0.29) is 18.3 Å². The van der Waals surface area contributed by atoms with Gasteiger partial charge in [0.1, 0.15) is 18.2 Å². The summed E-state index contributed by atoms with van der Waals surface area (Å²) < 4.78 is 18.4. The Bertz CT molecular complexity index is 642. The molecule has 0 aromatic heterocycles. The number of nitrogen functional groups attached to an aromatic ring is 1. The van der Waals surface area contributed by atoms with E-state index in [0.29, 0.717) is 23.5 Å². The number of halogens is 1. The van der Waals surface area contributed by atoms with Gasteiger partial charge in [-0.2, -0.15) is 0 Å². The molecular weight excluding hydrogens is 283 g/mol. The van der Waals surface area contributed by atoms with Gasteiger partial charge in [-0.1, -0.05) is 19.1 Å². The van der Waals surface area contributed by atoms with E-state index in [4.69, 9.17) is 10.5 Å². The largest absolute Gasteiger partial charge is 0.487 e. The minimum atomic E-state index is -0.286. The zero-order chi connectivity index (χ0) is 15.9. The number of hydrogen-bond donors (Lipinski definition) is 2. The average molecular weight is 302 g/mol. The molecule has 2 aromatic rings. The molecule has 0 atom stereocenters. The lowest BCUT2D eigenvalue weighted by molar-refractivity contribution is 0.0953. The summed E-state index contributed by atoms with van der Waals surface area (Å²) in [5.74, 6) is 0.0562. The van der Waals surface area contributed by atoms with E-state index >= 15 is 0 Å². The van der Waals surface area contributed by atoms with Crippen LogP contribution in [-0.4, -0.2) is 12.5 Å². The maximum atomic E-state index is 12.8. The Morgan fingerprint density at radius 1 is 1.23 bits per heavy atom. The van der Waals surface area contributed by atoms with Crippen molar-refractivity contribution in [3.05, 3.63) is 59.4 Å². The molecule has 22 heavy (non-hydrogen) atoms. The normalized spacial score (nSPS) is 10.3. The molecule has 0 saturated carbocycles. The Labute approximate surface area is 129 Å². The van der Waals surface area contributed by atoms with Crippen LogP contribution in [0.3, 0.4) is 0 Å². The Kier molecular flexibility index (Phi) is 5.36. The summed E-state index contributed by atoms with van der Waals surface area (Å²) in [6, 6.07) is 11.0. The Morgan fingerprint density at radius 3 is 2.59 bits per heavy atom. The SMILES string of the molecule is CCCNC(=O)c1ccc(OCc2ccc(F)cc2)c(N)c1. The van der Waals surface area contributed by atoms with Crippen LogP contribution in [0.5, 0.6) is 5.75 Å². The predicted molar refractivity (Wildman–Crippen MR) is 84.2 cm³/mol. The van der Waals surface area contributed by atoms with Gasteiger partial charge in [0.25, 0.3) is 5.91 Å². The molecule has 5 heteroatoms. The number of amides is 1. The molecule has 116 valence electrons. The second kappa shape index (κ2) is 7.45. The zero-order valence-corrected chi connectivity index (χ0v) is 12.4. The van der Waals surface area contributed by atoms with Gasteiger partial charge in [0.2, 0.25) is 0 Å². The third kappa shape index (κ3) is 4.22. The van der Waals surface area contributed by atoms with Gasteiger partial charge < -0.3 is 15.8 Å². The third-order valence-corrected chi connectivity index (χ3v) is 3.12. The van der Waals surface area contributed by atoms with Crippen molar-refractivity contribution in [2.75, 3.05) is 12.3 Å². The molecule has 0 heterocycles. The van der Waals surface area contributed by atoms with Crippen LogP contribution < -0.4 is 15.8 Å². The fraction of sp³-hybridized carbons (Fsp3) is 0.235. The fourth-order valence-corrected chi connectivity index (χ4v) is 1.90. The maximum absolute atomic E-state index is 12.8. The molecule has 2 rings (SSSR count). The molecular formula is C17H19FN2O2. The Hall–Kier alpha value is -2.56. The van der Waals surface area contributed by atoms with E-state index in [9.17, 15) is 9.18 Å². The van der Waals surface area contributed by atoms with E-state index < -0.39 is 0 Å². The minimum absolute atomic E-state index is 0.154. The molecule has 0 spiro atoms. The van der Waals surface area contributed by atoms with Gasteiger partial charge in [0.15, 0.2) is 0 Å². The van der Waals surface area contributed by atoms with E-state index in [2.05, 4.69) is 5.32 Å². The average Bonchev–Trinajstić information content (AvgIpc) is 2.53. The van der Waals surface area contributed by atoms with Crippen molar-refractivity contribution >= 4 is 11.6 Å². The van der Waals surface area contributed by atoms with Gasteiger partial charge in [-0.15, -0.1) is 0 Å². The van der Waals surface area contributed by atoms with Gasteiger partial charge in [-0.3, -0.25) is 4.79 Å². The molecule has 0 bridgehead atoms. The fourth-order valence-electron chi connectivity index (χ4n) is 1.90. The van der Waals surface area contributed by atoms with Crippen LogP contribution in [0.15, 0.2) is 42.5 Å². The van der Waals surface area contributed by atoms with Gasteiger partial charge in [-0.05, 0) is 42.3 Å². The first-order valence-corrected chi connectivity index (χ1v) is 7.15. The highest BCUT2D eigenvalue weighted by atomic mass is 19.1. The number of carbonyl (C=O) groups excluding carboxylic acids is 1. The topological polar surface area (TPSA) is 64.3 Å². The summed E-state index contributed by atoms with van der Waals surface area (Å²) in [5.41, 5.74) is 7.64. The molecule has 0 unspecified atom stereocenters. The van der Waals surface area contributed by atoms with Crippen LogP contribution in [-0.2, 0) is 6.61 Å². The molecule has 0 aliphatic rings. The number of hydrogen-bond acceptors (Lipinski definition) is 3. The molecule has 4 nitrogen and oxygen atoms in total. The van der Waals surface area contributed by atoms with Crippen molar-refractivity contribution in [3.63, 3.8) is 0 Å². The first-order valence-electron chi connectivity index (χ1n) is 7.15. The second-order valence-electron chi connectivity index (χ2n) is 4.92. The Balaban J connectivity index is 2.00. The lowest BCUT2D eigenvalue weighted by Crippen LogP contribution is -2.24. The second-order valence-corrected chi connectivity index (χ2v) is 4.92. The monoisotopic (exact) mass is 302 g/mol. The highest BCUT2D eigenvalue weighted by Gasteiger charge is 2.08. The predicted octanol–water partition coefficient (Wildman–Crippen LogP) is 3.13. The summed E-state index contributed by atoms with van der Waals surface area (Å²) >= 11 is 0. The van der Waals surface area contributed by atoms with Crippen molar-refractivity contribution < 1.29 is 13.9 Å². The van der Waals surface area contributed by atoms with E-state index in [1.807, 2.05) is 6.92 Å². The van der Waals surface area contributed by atoms with Crippen molar-refractivity contribution in [3.8, 4) is 5.75 Å².